The van der Waals surface area contributed by atoms with Gasteiger partial charge in [-0.05, 0) is 25.1 Å². The molecule has 0 spiro atoms. The second-order valence-electron chi connectivity index (χ2n) is 4.25. The predicted octanol–water partition coefficient (Wildman–Crippen LogP) is 0.855. The van der Waals surface area contributed by atoms with Gasteiger partial charge < -0.3 is 20.5 Å². The van der Waals surface area contributed by atoms with Crippen molar-refractivity contribution in [2.24, 2.45) is 0 Å². The van der Waals surface area contributed by atoms with Crippen LogP contribution in [0.4, 0.5) is 11.4 Å². The molecule has 88 valence electrons. The first-order chi connectivity index (χ1) is 7.69. The number of hydrogen-bond acceptors (Lipinski definition) is 4. The van der Waals surface area contributed by atoms with E-state index in [1.54, 1.807) is 0 Å². The Hall–Kier alpha value is -1.26. The number of nitrogens with zero attached hydrogens (tertiary/aromatic N) is 1. The maximum absolute atomic E-state index is 9.15. The molecule has 4 nitrogen and oxygen atoms in total. The van der Waals surface area contributed by atoms with Crippen molar-refractivity contribution in [3.05, 3.63) is 24.3 Å². The van der Waals surface area contributed by atoms with E-state index in [-0.39, 0.29) is 18.8 Å². The van der Waals surface area contributed by atoms with Crippen LogP contribution in [0.3, 0.4) is 0 Å². The lowest BCUT2D eigenvalue weighted by Crippen LogP contribution is -2.48. The van der Waals surface area contributed by atoms with Gasteiger partial charge in [0, 0.05) is 24.5 Å². The summed E-state index contributed by atoms with van der Waals surface area (Å²) in [5, 5.41) is 9.15. The van der Waals surface area contributed by atoms with E-state index in [4.69, 9.17) is 15.6 Å². The summed E-state index contributed by atoms with van der Waals surface area (Å²) in [6.45, 7) is 3.62. The topological polar surface area (TPSA) is 58.7 Å². The zero-order valence-corrected chi connectivity index (χ0v) is 9.47. The molecule has 0 radical (unpaired) electrons. The van der Waals surface area contributed by atoms with Gasteiger partial charge in [0.1, 0.15) is 0 Å². The van der Waals surface area contributed by atoms with Crippen LogP contribution in [0.25, 0.3) is 0 Å². The SMILES string of the molecule is CC1CN(c2cccc(N)c2)CC(CO)O1. The Morgan fingerprint density at radius 1 is 1.50 bits per heavy atom. The van der Waals surface area contributed by atoms with Crippen LogP contribution in [0.2, 0.25) is 0 Å². The number of aliphatic hydroxyl groups excluding tert-OH is 1. The number of nitrogens with two attached hydrogens (primary N) is 1. The number of nitrogen functional groups attached to an aromatic ring is 1. The van der Waals surface area contributed by atoms with Crippen LogP contribution in [0.15, 0.2) is 24.3 Å². The predicted molar refractivity (Wildman–Crippen MR) is 64.5 cm³/mol. The highest BCUT2D eigenvalue weighted by Gasteiger charge is 2.24. The van der Waals surface area contributed by atoms with Crippen LogP contribution in [-0.4, -0.2) is 37.0 Å². The smallest absolute Gasteiger partial charge is 0.0984 e. The Morgan fingerprint density at radius 3 is 3.00 bits per heavy atom. The van der Waals surface area contributed by atoms with Crippen LogP contribution in [0.1, 0.15) is 6.92 Å². The van der Waals surface area contributed by atoms with Crippen molar-refractivity contribution in [3.63, 3.8) is 0 Å². The highest BCUT2D eigenvalue weighted by Crippen LogP contribution is 2.22. The number of aliphatic hydroxyl groups is 1. The van der Waals surface area contributed by atoms with Gasteiger partial charge in [-0.15, -0.1) is 0 Å². The summed E-state index contributed by atoms with van der Waals surface area (Å²) in [6.07, 6.45) is 0.0255. The molecule has 1 fully saturated rings. The summed E-state index contributed by atoms with van der Waals surface area (Å²) in [5.74, 6) is 0. The van der Waals surface area contributed by atoms with E-state index in [1.807, 2.05) is 31.2 Å². The summed E-state index contributed by atoms with van der Waals surface area (Å²) in [5.41, 5.74) is 7.61. The fourth-order valence-electron chi connectivity index (χ4n) is 2.08. The van der Waals surface area contributed by atoms with E-state index in [1.165, 1.54) is 0 Å². The molecular formula is C12H18N2O2. The lowest BCUT2D eigenvalue weighted by Gasteiger charge is -2.37. The summed E-state index contributed by atoms with van der Waals surface area (Å²) >= 11 is 0. The Labute approximate surface area is 95.6 Å². The minimum atomic E-state index is -0.106. The van der Waals surface area contributed by atoms with E-state index >= 15 is 0 Å². The third-order valence-electron chi connectivity index (χ3n) is 2.77. The fraction of sp³-hybridized carbons (Fsp3) is 0.500. The van der Waals surface area contributed by atoms with Gasteiger partial charge in [0.25, 0.3) is 0 Å². The van der Waals surface area contributed by atoms with Crippen LogP contribution in [0.5, 0.6) is 0 Å². The normalized spacial score (nSPS) is 25.8. The molecule has 0 aliphatic carbocycles. The zero-order valence-electron chi connectivity index (χ0n) is 9.47. The van der Waals surface area contributed by atoms with Gasteiger partial charge in [0.2, 0.25) is 0 Å². The standard InChI is InChI=1S/C12H18N2O2/c1-9-6-14(7-12(8-15)16-9)11-4-2-3-10(13)5-11/h2-5,9,12,15H,6-8,13H2,1H3. The fourth-order valence-corrected chi connectivity index (χ4v) is 2.08. The van der Waals surface area contributed by atoms with Crippen molar-refractivity contribution >= 4 is 11.4 Å². The summed E-state index contributed by atoms with van der Waals surface area (Å²) < 4.78 is 5.59. The first-order valence-electron chi connectivity index (χ1n) is 5.56. The monoisotopic (exact) mass is 222 g/mol. The lowest BCUT2D eigenvalue weighted by molar-refractivity contribution is -0.0421. The summed E-state index contributed by atoms with van der Waals surface area (Å²) in [6, 6.07) is 7.80. The molecule has 1 aromatic rings. The molecule has 0 saturated carbocycles. The van der Waals surface area contributed by atoms with Crippen molar-refractivity contribution < 1.29 is 9.84 Å². The lowest BCUT2D eigenvalue weighted by atomic mass is 10.2. The molecule has 1 aromatic carbocycles. The van der Waals surface area contributed by atoms with Gasteiger partial charge in [0.15, 0.2) is 0 Å². The van der Waals surface area contributed by atoms with Crippen molar-refractivity contribution in [1.29, 1.82) is 0 Å². The van der Waals surface area contributed by atoms with E-state index in [0.29, 0.717) is 6.54 Å². The van der Waals surface area contributed by atoms with Gasteiger partial charge in [0.05, 0.1) is 18.8 Å². The van der Waals surface area contributed by atoms with Crippen LogP contribution in [-0.2, 0) is 4.74 Å². The highest BCUT2D eigenvalue weighted by molar-refractivity contribution is 5.56. The molecule has 0 aromatic heterocycles. The molecule has 1 saturated heterocycles. The molecule has 4 heteroatoms. The third-order valence-corrected chi connectivity index (χ3v) is 2.77. The average molecular weight is 222 g/mol. The number of hydrogen-bond donors (Lipinski definition) is 2. The minimum absolute atomic E-state index is 0.0587. The van der Waals surface area contributed by atoms with Gasteiger partial charge in [-0.2, -0.15) is 0 Å². The number of anilines is 2. The molecule has 2 unspecified atom stereocenters. The zero-order chi connectivity index (χ0) is 11.5. The maximum atomic E-state index is 9.15. The minimum Gasteiger partial charge on any atom is -0.399 e. The van der Waals surface area contributed by atoms with Crippen molar-refractivity contribution in [3.8, 4) is 0 Å². The first-order valence-corrected chi connectivity index (χ1v) is 5.56. The molecule has 1 aliphatic heterocycles. The van der Waals surface area contributed by atoms with E-state index in [0.717, 1.165) is 17.9 Å². The number of ether oxygens (including phenoxy) is 1. The average Bonchev–Trinajstić information content (AvgIpc) is 2.28. The largest absolute Gasteiger partial charge is 0.399 e. The third kappa shape index (κ3) is 2.46. The van der Waals surface area contributed by atoms with Gasteiger partial charge in [-0.25, -0.2) is 0 Å². The Morgan fingerprint density at radius 2 is 2.31 bits per heavy atom. The van der Waals surface area contributed by atoms with Crippen molar-refractivity contribution in [2.75, 3.05) is 30.3 Å². The van der Waals surface area contributed by atoms with Crippen molar-refractivity contribution in [1.82, 2.24) is 0 Å². The van der Waals surface area contributed by atoms with E-state index in [2.05, 4.69) is 4.90 Å². The number of morpholine rings is 1. The summed E-state index contributed by atoms with van der Waals surface area (Å²) in [7, 11) is 0. The van der Waals surface area contributed by atoms with Crippen LogP contribution in [0, 0.1) is 0 Å². The molecule has 1 heterocycles. The van der Waals surface area contributed by atoms with Gasteiger partial charge >= 0.3 is 0 Å². The van der Waals surface area contributed by atoms with E-state index in [9.17, 15) is 0 Å². The second kappa shape index (κ2) is 4.72. The maximum Gasteiger partial charge on any atom is 0.0984 e. The Bertz CT molecular complexity index is 357. The number of benzene rings is 1. The van der Waals surface area contributed by atoms with Crippen molar-refractivity contribution in [2.45, 2.75) is 19.1 Å². The highest BCUT2D eigenvalue weighted by atomic mass is 16.5. The molecule has 0 bridgehead atoms. The van der Waals surface area contributed by atoms with E-state index < -0.39 is 0 Å². The first kappa shape index (κ1) is 11.2. The van der Waals surface area contributed by atoms with Gasteiger partial charge in [-0.3, -0.25) is 0 Å². The molecule has 3 N–H and O–H groups in total. The number of rotatable bonds is 2. The molecule has 2 atom stereocenters. The second-order valence-corrected chi connectivity index (χ2v) is 4.25. The molecule has 1 aliphatic rings. The summed E-state index contributed by atoms with van der Waals surface area (Å²) in [4.78, 5) is 2.20. The quantitative estimate of drug-likeness (QED) is 0.728. The van der Waals surface area contributed by atoms with Gasteiger partial charge in [-0.1, -0.05) is 6.07 Å². The Balaban J connectivity index is 2.14. The molecule has 16 heavy (non-hydrogen) atoms. The molecule has 0 amide bonds. The Kier molecular flexibility index (Phi) is 3.31. The van der Waals surface area contributed by atoms with Crippen LogP contribution < -0.4 is 10.6 Å². The molecular weight excluding hydrogens is 204 g/mol. The molecule has 2 rings (SSSR count). The van der Waals surface area contributed by atoms with Crippen LogP contribution >= 0.6 is 0 Å².